The van der Waals surface area contributed by atoms with Crippen molar-refractivity contribution in [3.8, 4) is 0 Å². The first-order chi connectivity index (χ1) is 9.42. The van der Waals surface area contributed by atoms with E-state index in [1.165, 1.54) is 13.8 Å². The molecule has 0 aromatic carbocycles. The minimum absolute atomic E-state index is 0.000467. The van der Waals surface area contributed by atoms with Crippen molar-refractivity contribution in [3.63, 3.8) is 0 Å². The zero-order chi connectivity index (χ0) is 16.9. The zero-order valence-electron chi connectivity index (χ0n) is 13.3. The minimum Gasteiger partial charge on any atom is -0.481 e. The van der Waals surface area contributed by atoms with Crippen LogP contribution in [0.5, 0.6) is 0 Å². The van der Waals surface area contributed by atoms with E-state index in [2.05, 4.69) is 10.6 Å². The molecule has 0 fully saturated rings. The fourth-order valence-electron chi connectivity index (χ4n) is 1.61. The van der Waals surface area contributed by atoms with Crippen LogP contribution in [0.3, 0.4) is 0 Å². The Kier molecular flexibility index (Phi) is 6.66. The van der Waals surface area contributed by atoms with Gasteiger partial charge in [0, 0.05) is 19.3 Å². The number of rotatable bonds is 8. The molecule has 8 heteroatoms. The van der Waals surface area contributed by atoms with Gasteiger partial charge in [-0.25, -0.2) is 13.2 Å². The lowest BCUT2D eigenvalue weighted by atomic mass is 9.82. The van der Waals surface area contributed by atoms with E-state index in [1.807, 2.05) is 0 Å². The smallest absolute Gasteiger partial charge is 0.314 e. The van der Waals surface area contributed by atoms with E-state index >= 15 is 0 Å². The van der Waals surface area contributed by atoms with E-state index in [1.54, 1.807) is 13.8 Å². The van der Waals surface area contributed by atoms with Gasteiger partial charge in [0.25, 0.3) is 0 Å². The molecular formula is C13H26N2O5S. The van der Waals surface area contributed by atoms with Crippen LogP contribution < -0.4 is 10.6 Å². The Hall–Kier alpha value is -1.31. The molecule has 0 aliphatic carbocycles. The number of carboxylic acid groups (broad SMARTS) is 1. The van der Waals surface area contributed by atoms with Crippen LogP contribution in [-0.2, 0) is 14.6 Å². The highest BCUT2D eigenvalue weighted by atomic mass is 32.2. The number of carbonyl (C=O) groups is 2. The van der Waals surface area contributed by atoms with Gasteiger partial charge in [0.1, 0.15) is 0 Å². The van der Waals surface area contributed by atoms with Crippen molar-refractivity contribution in [2.45, 2.75) is 45.3 Å². The molecule has 0 spiro atoms. The average molecular weight is 322 g/mol. The van der Waals surface area contributed by atoms with Gasteiger partial charge in [-0.2, -0.15) is 0 Å². The molecule has 0 saturated heterocycles. The van der Waals surface area contributed by atoms with Crippen LogP contribution in [0.15, 0.2) is 0 Å². The number of hydrogen-bond donors (Lipinski definition) is 3. The summed E-state index contributed by atoms with van der Waals surface area (Å²) in [5.74, 6) is -0.954. The molecule has 0 rings (SSSR count). The maximum absolute atomic E-state index is 11.7. The number of amides is 2. The summed E-state index contributed by atoms with van der Waals surface area (Å²) in [4.78, 5) is 23.0. The van der Waals surface area contributed by atoms with Gasteiger partial charge in [0.15, 0.2) is 9.84 Å². The van der Waals surface area contributed by atoms with Crippen molar-refractivity contribution in [1.29, 1.82) is 0 Å². The predicted octanol–water partition coefficient (Wildman–Crippen LogP) is 1.000. The Morgan fingerprint density at radius 2 is 1.48 bits per heavy atom. The molecule has 0 bridgehead atoms. The second-order valence-electron chi connectivity index (χ2n) is 5.86. The maximum atomic E-state index is 11.7. The van der Waals surface area contributed by atoms with Gasteiger partial charge in [-0.3, -0.25) is 4.79 Å². The van der Waals surface area contributed by atoms with Gasteiger partial charge in [-0.05, 0) is 26.7 Å². The largest absolute Gasteiger partial charge is 0.481 e. The molecule has 0 aromatic rings. The summed E-state index contributed by atoms with van der Waals surface area (Å²) >= 11 is 0. The number of aliphatic carboxylic acids is 1. The first-order valence-corrected chi connectivity index (χ1v) is 8.75. The monoisotopic (exact) mass is 322 g/mol. The van der Waals surface area contributed by atoms with Crippen LogP contribution in [0.25, 0.3) is 0 Å². The normalized spacial score (nSPS) is 12.8. The number of sulfone groups is 1. The van der Waals surface area contributed by atoms with Gasteiger partial charge in [-0.1, -0.05) is 13.8 Å². The lowest BCUT2D eigenvalue weighted by molar-refractivity contribution is -0.149. The summed E-state index contributed by atoms with van der Waals surface area (Å²) in [6, 6.07) is -0.570. The third kappa shape index (κ3) is 5.18. The van der Waals surface area contributed by atoms with E-state index in [9.17, 15) is 23.1 Å². The molecule has 21 heavy (non-hydrogen) atoms. The standard InChI is InChI=1S/C13H26N2O5S/c1-6-13(7-2,10(16)17)9-15-11(18)14-8-12(3,4)21(5,19)20/h6-9H2,1-5H3,(H,16,17)(H2,14,15,18). The van der Waals surface area contributed by atoms with E-state index in [-0.39, 0.29) is 13.1 Å². The number of nitrogens with one attached hydrogen (secondary N) is 2. The van der Waals surface area contributed by atoms with Crippen LogP contribution in [0.2, 0.25) is 0 Å². The summed E-state index contributed by atoms with van der Waals surface area (Å²) in [5, 5.41) is 14.2. The van der Waals surface area contributed by atoms with Crippen molar-refractivity contribution in [3.05, 3.63) is 0 Å². The number of urea groups is 1. The quantitative estimate of drug-likeness (QED) is 0.617. The van der Waals surface area contributed by atoms with Crippen LogP contribution in [-0.4, -0.2) is 49.6 Å². The van der Waals surface area contributed by atoms with Crippen LogP contribution in [0.1, 0.15) is 40.5 Å². The Bertz CT molecular complexity index is 481. The topological polar surface area (TPSA) is 113 Å². The summed E-state index contributed by atoms with van der Waals surface area (Å²) in [6.07, 6.45) is 1.90. The number of carbonyl (C=O) groups excluding carboxylic acids is 1. The molecule has 0 saturated carbocycles. The van der Waals surface area contributed by atoms with E-state index < -0.39 is 32.0 Å². The SMILES string of the molecule is CCC(CC)(CNC(=O)NCC(C)(C)S(C)(=O)=O)C(=O)O. The van der Waals surface area contributed by atoms with Crippen LogP contribution in [0.4, 0.5) is 4.79 Å². The van der Waals surface area contributed by atoms with Gasteiger partial charge >= 0.3 is 12.0 Å². The molecule has 0 unspecified atom stereocenters. The van der Waals surface area contributed by atoms with Crippen molar-refractivity contribution < 1.29 is 23.1 Å². The van der Waals surface area contributed by atoms with Crippen molar-refractivity contribution in [2.75, 3.05) is 19.3 Å². The average Bonchev–Trinajstić information content (AvgIpc) is 2.36. The summed E-state index contributed by atoms with van der Waals surface area (Å²) in [5.41, 5.74) is -0.996. The number of carboxylic acids is 1. The molecule has 3 N–H and O–H groups in total. The summed E-state index contributed by atoms with van der Waals surface area (Å²) in [6.45, 7) is 6.49. The maximum Gasteiger partial charge on any atom is 0.314 e. The Morgan fingerprint density at radius 3 is 1.81 bits per heavy atom. The zero-order valence-corrected chi connectivity index (χ0v) is 14.1. The molecule has 0 radical (unpaired) electrons. The fourth-order valence-corrected chi connectivity index (χ4v) is 1.95. The molecule has 0 aromatic heterocycles. The van der Waals surface area contributed by atoms with Gasteiger partial charge in [-0.15, -0.1) is 0 Å². The van der Waals surface area contributed by atoms with Gasteiger partial charge in [0.2, 0.25) is 0 Å². The molecule has 0 heterocycles. The summed E-state index contributed by atoms with van der Waals surface area (Å²) in [7, 11) is -3.30. The van der Waals surface area contributed by atoms with Crippen molar-refractivity contribution in [1.82, 2.24) is 10.6 Å². The molecule has 2 amide bonds. The second-order valence-corrected chi connectivity index (χ2v) is 8.51. The fraction of sp³-hybridized carbons (Fsp3) is 0.846. The van der Waals surface area contributed by atoms with E-state index in [0.717, 1.165) is 6.26 Å². The highest BCUT2D eigenvalue weighted by Crippen LogP contribution is 2.25. The Balaban J connectivity index is 4.57. The molecule has 0 aliphatic rings. The minimum atomic E-state index is -3.30. The molecular weight excluding hydrogens is 296 g/mol. The third-order valence-corrected chi connectivity index (χ3v) is 6.22. The van der Waals surface area contributed by atoms with Crippen molar-refractivity contribution in [2.24, 2.45) is 5.41 Å². The Labute approximate surface area is 126 Å². The van der Waals surface area contributed by atoms with Crippen LogP contribution in [0, 0.1) is 5.41 Å². The van der Waals surface area contributed by atoms with E-state index in [4.69, 9.17) is 0 Å². The van der Waals surface area contributed by atoms with Gasteiger partial charge < -0.3 is 15.7 Å². The van der Waals surface area contributed by atoms with Crippen molar-refractivity contribution >= 4 is 21.8 Å². The third-order valence-electron chi connectivity index (χ3n) is 4.07. The molecule has 0 atom stereocenters. The second kappa shape index (κ2) is 7.11. The molecule has 0 aliphatic heterocycles. The lowest BCUT2D eigenvalue weighted by Crippen LogP contribution is -2.50. The van der Waals surface area contributed by atoms with E-state index in [0.29, 0.717) is 12.8 Å². The first kappa shape index (κ1) is 19.7. The number of hydrogen-bond acceptors (Lipinski definition) is 4. The van der Waals surface area contributed by atoms with Gasteiger partial charge in [0.05, 0.1) is 10.2 Å². The van der Waals surface area contributed by atoms with Crippen LogP contribution >= 0.6 is 0 Å². The Morgan fingerprint density at radius 1 is 1.05 bits per heavy atom. The lowest BCUT2D eigenvalue weighted by Gasteiger charge is -2.27. The predicted molar refractivity (Wildman–Crippen MR) is 81.0 cm³/mol. The highest BCUT2D eigenvalue weighted by Gasteiger charge is 2.35. The molecule has 7 nitrogen and oxygen atoms in total. The highest BCUT2D eigenvalue weighted by molar-refractivity contribution is 7.92. The molecule has 124 valence electrons. The first-order valence-electron chi connectivity index (χ1n) is 6.86. The summed E-state index contributed by atoms with van der Waals surface area (Å²) < 4.78 is 22.0.